The molecule has 80 valence electrons. The van der Waals surface area contributed by atoms with E-state index < -0.39 is 5.60 Å². The molecule has 0 aliphatic rings. The van der Waals surface area contributed by atoms with Crippen LogP contribution in [0.15, 0.2) is 24.3 Å². The van der Waals surface area contributed by atoms with Crippen LogP contribution >= 0.6 is 11.6 Å². The third-order valence-corrected chi connectivity index (χ3v) is 2.77. The molecule has 15 heavy (non-hydrogen) atoms. The van der Waals surface area contributed by atoms with Gasteiger partial charge in [-0.3, -0.25) is 0 Å². The maximum absolute atomic E-state index is 10.2. The largest absolute Gasteiger partial charge is 0.385 e. The van der Waals surface area contributed by atoms with Gasteiger partial charge in [0.15, 0.2) is 0 Å². The molecule has 0 aliphatic carbocycles. The van der Waals surface area contributed by atoms with Crippen LogP contribution in [0.3, 0.4) is 0 Å². The Bertz CT molecular complexity index is 363. The lowest BCUT2D eigenvalue weighted by atomic mass is 9.90. The highest BCUT2D eigenvalue weighted by molar-refractivity contribution is 6.31. The fraction of sp³-hybridized carbons (Fsp3) is 0.385. The van der Waals surface area contributed by atoms with Crippen LogP contribution in [0.2, 0.25) is 5.02 Å². The zero-order valence-corrected chi connectivity index (χ0v) is 9.59. The first kappa shape index (κ1) is 12.1. The molecule has 1 nitrogen and oxygen atoms in total. The third-order valence-electron chi connectivity index (χ3n) is 2.44. The van der Waals surface area contributed by atoms with Crippen molar-refractivity contribution in [3.63, 3.8) is 0 Å². The van der Waals surface area contributed by atoms with Crippen LogP contribution in [0, 0.1) is 12.3 Å². The van der Waals surface area contributed by atoms with Gasteiger partial charge >= 0.3 is 0 Å². The fourth-order valence-electron chi connectivity index (χ4n) is 1.57. The molecule has 1 aromatic carbocycles. The molecule has 1 rings (SSSR count). The van der Waals surface area contributed by atoms with Gasteiger partial charge in [-0.15, -0.1) is 12.3 Å². The molecule has 0 aromatic heterocycles. The highest BCUT2D eigenvalue weighted by Crippen LogP contribution is 2.31. The van der Waals surface area contributed by atoms with Crippen molar-refractivity contribution < 1.29 is 5.11 Å². The SMILES string of the molecule is C#CCCCC(C)(O)c1ccccc1Cl. The van der Waals surface area contributed by atoms with Crippen molar-refractivity contribution in [1.82, 2.24) is 0 Å². The molecule has 1 N–H and O–H groups in total. The monoisotopic (exact) mass is 222 g/mol. The Hall–Kier alpha value is -0.970. The number of halogens is 1. The predicted octanol–water partition coefficient (Wildman–Crippen LogP) is 3.35. The molecule has 1 unspecified atom stereocenters. The van der Waals surface area contributed by atoms with E-state index in [1.54, 1.807) is 13.0 Å². The maximum atomic E-state index is 10.2. The summed E-state index contributed by atoms with van der Waals surface area (Å²) in [4.78, 5) is 0. The summed E-state index contributed by atoms with van der Waals surface area (Å²) in [7, 11) is 0. The highest BCUT2D eigenvalue weighted by atomic mass is 35.5. The van der Waals surface area contributed by atoms with E-state index in [4.69, 9.17) is 18.0 Å². The fourth-order valence-corrected chi connectivity index (χ4v) is 1.91. The molecule has 1 atom stereocenters. The van der Waals surface area contributed by atoms with Crippen LogP contribution in [0.5, 0.6) is 0 Å². The molecule has 0 aliphatic heterocycles. The van der Waals surface area contributed by atoms with Gasteiger partial charge in [0.2, 0.25) is 0 Å². The summed E-state index contributed by atoms with van der Waals surface area (Å²) in [6.45, 7) is 1.77. The number of hydrogen-bond donors (Lipinski definition) is 1. The van der Waals surface area contributed by atoms with Crippen molar-refractivity contribution >= 4 is 11.6 Å². The van der Waals surface area contributed by atoms with Gasteiger partial charge in [-0.2, -0.15) is 0 Å². The van der Waals surface area contributed by atoms with E-state index in [-0.39, 0.29) is 0 Å². The van der Waals surface area contributed by atoms with E-state index >= 15 is 0 Å². The zero-order valence-electron chi connectivity index (χ0n) is 8.83. The number of terminal acetylenes is 1. The Morgan fingerprint density at radius 1 is 1.47 bits per heavy atom. The minimum atomic E-state index is -0.894. The van der Waals surface area contributed by atoms with Gasteiger partial charge in [0.1, 0.15) is 0 Å². The minimum Gasteiger partial charge on any atom is -0.385 e. The number of rotatable bonds is 4. The number of benzene rings is 1. The molecular weight excluding hydrogens is 208 g/mol. The third kappa shape index (κ3) is 3.27. The summed E-state index contributed by atoms with van der Waals surface area (Å²) in [5.74, 6) is 2.56. The lowest BCUT2D eigenvalue weighted by Gasteiger charge is -2.24. The molecule has 1 aromatic rings. The van der Waals surface area contributed by atoms with Crippen LogP contribution in [-0.4, -0.2) is 5.11 Å². The Morgan fingerprint density at radius 2 is 2.13 bits per heavy atom. The van der Waals surface area contributed by atoms with Crippen molar-refractivity contribution in [1.29, 1.82) is 0 Å². The van der Waals surface area contributed by atoms with E-state index in [1.165, 1.54) is 0 Å². The summed E-state index contributed by atoms with van der Waals surface area (Å²) in [5, 5.41) is 10.8. The lowest BCUT2D eigenvalue weighted by Crippen LogP contribution is -2.21. The molecule has 0 amide bonds. The van der Waals surface area contributed by atoms with E-state index in [0.29, 0.717) is 17.9 Å². The first-order chi connectivity index (χ1) is 7.08. The smallest absolute Gasteiger partial charge is 0.0883 e. The number of unbranched alkanes of at least 4 members (excludes halogenated alkanes) is 1. The average molecular weight is 223 g/mol. The van der Waals surface area contributed by atoms with Crippen molar-refractivity contribution in [3.8, 4) is 12.3 Å². The van der Waals surface area contributed by atoms with Crippen molar-refractivity contribution in [2.75, 3.05) is 0 Å². The molecular formula is C13H15ClO. The predicted molar refractivity (Wildman–Crippen MR) is 63.7 cm³/mol. The van der Waals surface area contributed by atoms with E-state index in [1.807, 2.05) is 18.2 Å². The Labute approximate surface area is 96.1 Å². The minimum absolute atomic E-state index is 0.600. The molecule has 0 spiro atoms. The molecule has 0 heterocycles. The molecule has 0 saturated heterocycles. The van der Waals surface area contributed by atoms with Crippen molar-refractivity contribution in [3.05, 3.63) is 34.9 Å². The summed E-state index contributed by atoms with van der Waals surface area (Å²) in [6, 6.07) is 7.35. The normalized spacial score (nSPS) is 14.3. The van der Waals surface area contributed by atoms with Crippen LogP contribution in [0.25, 0.3) is 0 Å². The second-order valence-corrected chi connectivity index (χ2v) is 4.22. The lowest BCUT2D eigenvalue weighted by molar-refractivity contribution is 0.0461. The van der Waals surface area contributed by atoms with Gasteiger partial charge in [0, 0.05) is 17.0 Å². The summed E-state index contributed by atoms with van der Waals surface area (Å²) >= 11 is 6.02. The molecule has 0 saturated carbocycles. The second kappa shape index (κ2) is 5.21. The zero-order chi connectivity index (χ0) is 11.3. The molecule has 0 radical (unpaired) electrons. The average Bonchev–Trinajstić information content (AvgIpc) is 2.18. The summed E-state index contributed by atoms with van der Waals surface area (Å²) in [6.07, 6.45) is 7.28. The Balaban J connectivity index is 2.77. The molecule has 0 bridgehead atoms. The van der Waals surface area contributed by atoms with Gasteiger partial charge in [-0.05, 0) is 25.8 Å². The molecule has 2 heteroatoms. The topological polar surface area (TPSA) is 20.2 Å². The van der Waals surface area contributed by atoms with Crippen molar-refractivity contribution in [2.24, 2.45) is 0 Å². The molecule has 0 fully saturated rings. The van der Waals surface area contributed by atoms with Crippen LogP contribution < -0.4 is 0 Å². The van der Waals surface area contributed by atoms with E-state index in [2.05, 4.69) is 5.92 Å². The maximum Gasteiger partial charge on any atom is 0.0883 e. The second-order valence-electron chi connectivity index (χ2n) is 3.81. The van der Waals surface area contributed by atoms with Gasteiger partial charge in [-0.1, -0.05) is 29.8 Å². The van der Waals surface area contributed by atoms with Crippen LogP contribution in [0.4, 0.5) is 0 Å². The first-order valence-electron chi connectivity index (χ1n) is 4.99. The number of hydrogen-bond acceptors (Lipinski definition) is 1. The van der Waals surface area contributed by atoms with Crippen LogP contribution in [0.1, 0.15) is 31.7 Å². The summed E-state index contributed by atoms with van der Waals surface area (Å²) < 4.78 is 0. The van der Waals surface area contributed by atoms with Crippen molar-refractivity contribution in [2.45, 2.75) is 31.8 Å². The van der Waals surface area contributed by atoms with Gasteiger partial charge < -0.3 is 5.11 Å². The van der Waals surface area contributed by atoms with Gasteiger partial charge in [0.05, 0.1) is 5.60 Å². The Morgan fingerprint density at radius 3 is 2.73 bits per heavy atom. The highest BCUT2D eigenvalue weighted by Gasteiger charge is 2.24. The standard InChI is InChI=1S/C13H15ClO/c1-3-4-7-10-13(2,15)11-8-5-6-9-12(11)14/h1,5-6,8-9,15H,4,7,10H2,2H3. The van der Waals surface area contributed by atoms with Gasteiger partial charge in [-0.25, -0.2) is 0 Å². The van der Waals surface area contributed by atoms with Crippen LogP contribution in [-0.2, 0) is 5.60 Å². The quantitative estimate of drug-likeness (QED) is 0.612. The van der Waals surface area contributed by atoms with Gasteiger partial charge in [0.25, 0.3) is 0 Å². The number of aliphatic hydroxyl groups is 1. The first-order valence-corrected chi connectivity index (χ1v) is 5.36. The van der Waals surface area contributed by atoms with E-state index in [0.717, 1.165) is 12.0 Å². The summed E-state index contributed by atoms with van der Waals surface area (Å²) in [5.41, 5.74) is -0.126. The Kier molecular flexibility index (Phi) is 4.20. The van der Waals surface area contributed by atoms with E-state index in [9.17, 15) is 5.11 Å².